The first kappa shape index (κ1) is 12.3. The van der Waals surface area contributed by atoms with E-state index in [-0.39, 0.29) is 17.6 Å². The monoisotopic (exact) mass is 263 g/mol. The maximum atomic E-state index is 11.7. The molecule has 1 aromatic heterocycles. The number of aryl methyl sites for hydroxylation is 1. The number of carbonyl (C=O) groups excluding carboxylic acids is 1. The van der Waals surface area contributed by atoms with Crippen molar-refractivity contribution in [3.63, 3.8) is 0 Å². The van der Waals surface area contributed by atoms with Gasteiger partial charge in [0.2, 0.25) is 0 Å². The fourth-order valence-corrected chi connectivity index (χ4v) is 1.76. The molecule has 0 unspecified atom stereocenters. The van der Waals surface area contributed by atoms with Gasteiger partial charge < -0.3 is 10.3 Å². The molecule has 2 aromatic rings. The Labute approximate surface area is 109 Å². The van der Waals surface area contributed by atoms with Crippen molar-refractivity contribution in [2.75, 3.05) is 0 Å². The quantitative estimate of drug-likeness (QED) is 0.533. The number of benzene rings is 1. The van der Waals surface area contributed by atoms with Gasteiger partial charge >= 0.3 is 0 Å². The van der Waals surface area contributed by atoms with Gasteiger partial charge in [-0.2, -0.15) is 0 Å². The largest absolute Gasteiger partial charge is 0.375 e. The zero-order valence-corrected chi connectivity index (χ0v) is 10.6. The Balaban J connectivity index is 2.18. The normalized spacial score (nSPS) is 10.3. The number of para-hydroxylation sites is 2. The number of nitrogens with one attached hydrogen (secondary N) is 2. The summed E-state index contributed by atoms with van der Waals surface area (Å²) in [5, 5.41) is 0.0237. The number of nitrogens with two attached hydrogens (primary N) is 1. The smallest absolute Gasteiger partial charge is 0.258 e. The molecule has 0 spiro atoms. The molecule has 0 aliphatic rings. The van der Waals surface area contributed by atoms with Crippen LogP contribution in [0.5, 0.6) is 0 Å². The number of hydrazine groups is 1. The number of nitrogens with zero attached hydrogens (tertiary/aromatic N) is 2. The van der Waals surface area contributed by atoms with E-state index in [1.165, 1.54) is 0 Å². The second-order valence-electron chi connectivity index (χ2n) is 3.77. The van der Waals surface area contributed by atoms with Crippen molar-refractivity contribution in [3.05, 3.63) is 30.1 Å². The summed E-state index contributed by atoms with van der Waals surface area (Å²) in [6.07, 6.45) is 0. The van der Waals surface area contributed by atoms with Gasteiger partial charge in [-0.15, -0.1) is 0 Å². The molecule has 0 bridgehead atoms. The summed E-state index contributed by atoms with van der Waals surface area (Å²) in [4.78, 5) is 16.0. The molecule has 94 valence electrons. The van der Waals surface area contributed by atoms with Crippen LogP contribution in [0.25, 0.3) is 11.0 Å². The van der Waals surface area contributed by atoms with Crippen LogP contribution in [0.1, 0.15) is 5.82 Å². The Morgan fingerprint density at radius 2 is 2.17 bits per heavy atom. The van der Waals surface area contributed by atoms with E-state index in [1.807, 2.05) is 35.8 Å². The third kappa shape index (κ3) is 2.57. The van der Waals surface area contributed by atoms with Crippen molar-refractivity contribution >= 4 is 34.3 Å². The van der Waals surface area contributed by atoms with Crippen LogP contribution < -0.4 is 16.6 Å². The van der Waals surface area contributed by atoms with Crippen molar-refractivity contribution in [2.24, 2.45) is 5.73 Å². The van der Waals surface area contributed by atoms with Crippen LogP contribution in [0.15, 0.2) is 24.3 Å². The van der Waals surface area contributed by atoms with Crippen LogP contribution in [-0.2, 0) is 11.3 Å². The maximum Gasteiger partial charge on any atom is 0.258 e. The molecular weight excluding hydrogens is 250 g/mol. The van der Waals surface area contributed by atoms with E-state index < -0.39 is 0 Å². The van der Waals surface area contributed by atoms with Crippen LogP contribution in [0.3, 0.4) is 0 Å². The number of aromatic nitrogens is 2. The molecule has 4 N–H and O–H groups in total. The first-order valence-corrected chi connectivity index (χ1v) is 5.75. The summed E-state index contributed by atoms with van der Waals surface area (Å²) in [6, 6.07) is 7.65. The minimum atomic E-state index is -0.242. The van der Waals surface area contributed by atoms with Crippen molar-refractivity contribution in [3.8, 4) is 0 Å². The van der Waals surface area contributed by atoms with E-state index in [0.717, 1.165) is 16.9 Å². The predicted octanol–water partition coefficient (Wildman–Crippen LogP) is 0.209. The second-order valence-corrected chi connectivity index (χ2v) is 4.21. The summed E-state index contributed by atoms with van der Waals surface area (Å²) >= 11 is 4.60. The second kappa shape index (κ2) is 5.01. The molecule has 1 amide bonds. The Morgan fingerprint density at radius 3 is 2.89 bits per heavy atom. The molecule has 0 saturated heterocycles. The van der Waals surface area contributed by atoms with E-state index in [9.17, 15) is 4.79 Å². The topological polar surface area (TPSA) is 85.0 Å². The molecule has 1 aromatic carbocycles. The predicted molar refractivity (Wildman–Crippen MR) is 72.5 cm³/mol. The fourth-order valence-electron chi connectivity index (χ4n) is 1.71. The highest BCUT2D eigenvalue weighted by atomic mass is 32.1. The van der Waals surface area contributed by atoms with Gasteiger partial charge in [-0.05, 0) is 31.3 Å². The van der Waals surface area contributed by atoms with E-state index >= 15 is 0 Å². The lowest BCUT2D eigenvalue weighted by Gasteiger charge is -2.08. The third-order valence-corrected chi connectivity index (χ3v) is 2.57. The number of hydrogen-bond donors (Lipinski definition) is 3. The molecule has 0 radical (unpaired) electrons. The molecule has 0 fully saturated rings. The first-order valence-electron chi connectivity index (χ1n) is 5.34. The van der Waals surface area contributed by atoms with Gasteiger partial charge in [-0.25, -0.2) is 4.98 Å². The Bertz CT molecular complexity index is 606. The van der Waals surface area contributed by atoms with Crippen LogP contribution in [0.4, 0.5) is 0 Å². The number of carbonyl (C=O) groups is 1. The third-order valence-electron chi connectivity index (χ3n) is 2.47. The van der Waals surface area contributed by atoms with Gasteiger partial charge in [0.25, 0.3) is 5.91 Å². The Morgan fingerprint density at radius 1 is 1.44 bits per heavy atom. The number of amides is 1. The molecule has 1 heterocycles. The van der Waals surface area contributed by atoms with Crippen molar-refractivity contribution in [1.82, 2.24) is 20.4 Å². The molecule has 0 aliphatic heterocycles. The van der Waals surface area contributed by atoms with Crippen molar-refractivity contribution in [1.29, 1.82) is 0 Å². The summed E-state index contributed by atoms with van der Waals surface area (Å²) < 4.78 is 1.83. The lowest BCUT2D eigenvalue weighted by Crippen LogP contribution is -2.45. The highest BCUT2D eigenvalue weighted by Gasteiger charge is 2.10. The molecule has 0 atom stereocenters. The van der Waals surface area contributed by atoms with Crippen molar-refractivity contribution < 1.29 is 4.79 Å². The van der Waals surface area contributed by atoms with Gasteiger partial charge in [-0.1, -0.05) is 12.1 Å². The van der Waals surface area contributed by atoms with Gasteiger partial charge in [-0.3, -0.25) is 15.6 Å². The standard InChI is InChI=1S/C11H13N5OS/c1-7-13-8-4-2-3-5-9(8)16(7)6-10(17)14-15-11(12)18/h2-5H,6H2,1H3,(H,14,17)(H3,12,15,18). The highest BCUT2D eigenvalue weighted by molar-refractivity contribution is 7.80. The SMILES string of the molecule is Cc1nc2ccccc2n1CC(=O)NNC(N)=S. The zero-order valence-electron chi connectivity index (χ0n) is 9.80. The lowest BCUT2D eigenvalue weighted by atomic mass is 10.3. The minimum absolute atomic E-state index is 0.0237. The molecule has 6 nitrogen and oxygen atoms in total. The van der Waals surface area contributed by atoms with Gasteiger partial charge in [0.15, 0.2) is 5.11 Å². The molecule has 0 aliphatic carbocycles. The van der Waals surface area contributed by atoms with Gasteiger partial charge in [0.05, 0.1) is 11.0 Å². The molecular formula is C11H13N5OS. The van der Waals surface area contributed by atoms with E-state index in [1.54, 1.807) is 0 Å². The average Bonchev–Trinajstić information content (AvgIpc) is 2.64. The van der Waals surface area contributed by atoms with Crippen LogP contribution in [0.2, 0.25) is 0 Å². The summed E-state index contributed by atoms with van der Waals surface area (Å²) in [5.74, 6) is 0.538. The lowest BCUT2D eigenvalue weighted by molar-refractivity contribution is -0.122. The van der Waals surface area contributed by atoms with Crippen LogP contribution >= 0.6 is 12.2 Å². The average molecular weight is 263 g/mol. The first-order chi connectivity index (χ1) is 8.58. The molecule has 18 heavy (non-hydrogen) atoms. The number of rotatable bonds is 2. The Hall–Kier alpha value is -2.15. The number of imidazole rings is 1. The summed E-state index contributed by atoms with van der Waals surface area (Å²) in [5.41, 5.74) is 11.8. The number of hydrogen-bond acceptors (Lipinski definition) is 3. The zero-order chi connectivity index (χ0) is 13.1. The van der Waals surface area contributed by atoms with Crippen LogP contribution in [-0.4, -0.2) is 20.6 Å². The van der Waals surface area contributed by atoms with E-state index in [2.05, 4.69) is 28.1 Å². The van der Waals surface area contributed by atoms with Gasteiger partial charge in [0, 0.05) is 0 Å². The van der Waals surface area contributed by atoms with Crippen molar-refractivity contribution in [2.45, 2.75) is 13.5 Å². The Kier molecular flexibility index (Phi) is 3.42. The maximum absolute atomic E-state index is 11.7. The minimum Gasteiger partial charge on any atom is -0.375 e. The summed E-state index contributed by atoms with van der Waals surface area (Å²) in [6.45, 7) is 2.01. The molecule has 7 heteroatoms. The van der Waals surface area contributed by atoms with Gasteiger partial charge in [0.1, 0.15) is 12.4 Å². The van der Waals surface area contributed by atoms with Crippen LogP contribution in [0, 0.1) is 6.92 Å². The number of fused-ring (bicyclic) bond motifs is 1. The number of thiocarbonyl (C=S) groups is 1. The van der Waals surface area contributed by atoms with E-state index in [4.69, 9.17) is 5.73 Å². The molecule has 0 saturated carbocycles. The molecule has 2 rings (SSSR count). The fraction of sp³-hybridized carbons (Fsp3) is 0.182. The highest BCUT2D eigenvalue weighted by Crippen LogP contribution is 2.14. The van der Waals surface area contributed by atoms with E-state index in [0.29, 0.717) is 0 Å². The summed E-state index contributed by atoms with van der Waals surface area (Å²) in [7, 11) is 0.